The Bertz CT molecular complexity index is 1270. The Morgan fingerprint density at radius 1 is 0.944 bits per heavy atom. The lowest BCUT2D eigenvalue weighted by molar-refractivity contribution is -0.118. The van der Waals surface area contributed by atoms with E-state index in [9.17, 15) is 15.0 Å². The molecule has 0 aromatic heterocycles. The molecule has 0 saturated heterocycles. The van der Waals surface area contributed by atoms with Gasteiger partial charge in [-0.05, 0) is 27.9 Å². The molecule has 3 aromatic rings. The van der Waals surface area contributed by atoms with Crippen LogP contribution in [-0.2, 0) is 4.79 Å². The van der Waals surface area contributed by atoms with Gasteiger partial charge in [-0.2, -0.15) is 0 Å². The number of para-hydroxylation sites is 1. The van der Waals surface area contributed by atoms with Gasteiger partial charge in [0.1, 0.15) is 19.5 Å². The van der Waals surface area contributed by atoms with Crippen molar-refractivity contribution in [2.45, 2.75) is 44.8 Å². The highest BCUT2D eigenvalue weighted by Crippen LogP contribution is 2.36. The van der Waals surface area contributed by atoms with Crippen molar-refractivity contribution in [3.63, 3.8) is 0 Å². The zero-order valence-electron chi connectivity index (χ0n) is 20.9. The fourth-order valence-electron chi connectivity index (χ4n) is 4.95. The van der Waals surface area contributed by atoms with Gasteiger partial charge < -0.3 is 15.5 Å². The Kier molecular flexibility index (Phi) is 7.88. The van der Waals surface area contributed by atoms with Crippen LogP contribution in [0.2, 0.25) is 5.04 Å². The van der Waals surface area contributed by atoms with Crippen LogP contribution < -0.4 is 15.7 Å². The number of aliphatic hydroxyl groups is 2. The number of carbonyl (C=O) groups is 1. The Hall–Kier alpha value is -3.06. The summed E-state index contributed by atoms with van der Waals surface area (Å²) < 4.78 is 0. The van der Waals surface area contributed by atoms with Gasteiger partial charge in [0.15, 0.2) is 5.78 Å². The summed E-state index contributed by atoms with van der Waals surface area (Å²) in [6, 6.07) is 27.8. The van der Waals surface area contributed by atoms with Crippen LogP contribution in [0, 0.1) is 5.92 Å². The maximum absolute atomic E-state index is 13.1. The van der Waals surface area contributed by atoms with Gasteiger partial charge in [-0.25, -0.2) is 0 Å². The first-order valence-corrected chi connectivity index (χ1v) is 14.1. The molecule has 1 radical (unpaired) electrons. The van der Waals surface area contributed by atoms with Gasteiger partial charge in [-0.1, -0.05) is 111 Å². The number of anilines is 1. The van der Waals surface area contributed by atoms with E-state index in [0.717, 1.165) is 16.4 Å². The zero-order valence-corrected chi connectivity index (χ0v) is 22.7. The number of hydrogen-bond acceptors (Lipinski definition) is 4. The first-order chi connectivity index (χ1) is 17.2. The van der Waals surface area contributed by atoms with Gasteiger partial charge in [0.05, 0.1) is 11.7 Å². The number of aliphatic hydroxyl groups excluding tert-OH is 2. The molecule has 4 rings (SSSR count). The number of carbonyl (C=O) groups excluding carboxylic acids is 1. The molecular weight excluding hydrogens is 482 g/mol. The smallest absolute Gasteiger partial charge is 0.169 e. The molecule has 1 aliphatic rings. The van der Waals surface area contributed by atoms with E-state index in [4.69, 9.17) is 12.2 Å². The molecule has 0 heterocycles. The van der Waals surface area contributed by atoms with E-state index in [1.54, 1.807) is 0 Å². The quantitative estimate of drug-likeness (QED) is 0.305. The maximum atomic E-state index is 13.1. The lowest BCUT2D eigenvalue weighted by Crippen LogP contribution is -2.51. The molecule has 3 aromatic carbocycles. The molecule has 36 heavy (non-hydrogen) atoms. The lowest BCUT2D eigenvalue weighted by atomic mass is 9.81. The third kappa shape index (κ3) is 5.67. The fourth-order valence-corrected chi connectivity index (χ4v) is 8.60. The van der Waals surface area contributed by atoms with Gasteiger partial charge in [-0.3, -0.25) is 4.79 Å². The topological polar surface area (TPSA) is 69.6 Å². The molecule has 0 amide bonds. The largest absolute Gasteiger partial charge is 0.511 e. The second kappa shape index (κ2) is 10.9. The number of rotatable bonds is 6. The molecule has 0 aliphatic heterocycles. The van der Waals surface area contributed by atoms with Crippen LogP contribution in [0.3, 0.4) is 0 Å². The van der Waals surface area contributed by atoms with Crippen molar-refractivity contribution < 1.29 is 15.0 Å². The Balaban J connectivity index is 1.63. The second-order valence-electron chi connectivity index (χ2n) is 10.3. The summed E-state index contributed by atoms with van der Waals surface area (Å²) in [5, 5.41) is 27.9. The molecule has 3 N–H and O–H groups in total. The summed E-state index contributed by atoms with van der Waals surface area (Å²) >= 11 is 5.45. The highest BCUT2D eigenvalue weighted by Gasteiger charge is 2.38. The third-order valence-electron chi connectivity index (χ3n) is 6.54. The summed E-state index contributed by atoms with van der Waals surface area (Å²) in [5.41, 5.74) is 1.74. The number of nitrogens with one attached hydrogen (secondary N) is 1. The standard InChI is InChI=1S/C30H32NO3SSi/c1-30(2,3)36(22-14-8-5-9-15-22)26-17-11-10-16-23(26)28(34)20-18-24(32)27(25(33)19-20)29(35)31-21-12-6-4-7-13-21/h4-17,20,28,32,34H,18-19H2,1-3H3,(H,31,35). The van der Waals surface area contributed by atoms with E-state index >= 15 is 0 Å². The fraction of sp³-hybridized carbons (Fsp3) is 0.267. The first-order valence-electron chi connectivity index (χ1n) is 12.2. The van der Waals surface area contributed by atoms with Crippen molar-refractivity contribution in [1.29, 1.82) is 0 Å². The molecule has 2 unspecified atom stereocenters. The van der Waals surface area contributed by atoms with Crippen LogP contribution in [0.1, 0.15) is 45.3 Å². The lowest BCUT2D eigenvalue weighted by Gasteiger charge is -2.34. The second-order valence-corrected chi connectivity index (χ2v) is 14.0. The summed E-state index contributed by atoms with van der Waals surface area (Å²) in [7, 11) is -1.26. The summed E-state index contributed by atoms with van der Waals surface area (Å²) in [4.78, 5) is 13.3. The average molecular weight is 515 g/mol. The molecule has 1 aliphatic carbocycles. The number of ketones is 1. The van der Waals surface area contributed by atoms with Crippen molar-refractivity contribution in [1.82, 2.24) is 0 Å². The van der Waals surface area contributed by atoms with E-state index in [0.29, 0.717) is 0 Å². The molecule has 0 spiro atoms. The highest BCUT2D eigenvalue weighted by atomic mass is 32.1. The van der Waals surface area contributed by atoms with Crippen LogP contribution in [0.25, 0.3) is 0 Å². The predicted octanol–water partition coefficient (Wildman–Crippen LogP) is 5.36. The number of thiocarbonyl (C=S) groups is 1. The third-order valence-corrected chi connectivity index (χ3v) is 10.2. The van der Waals surface area contributed by atoms with Gasteiger partial charge in [0.25, 0.3) is 0 Å². The summed E-state index contributed by atoms with van der Waals surface area (Å²) in [6.07, 6.45) is -0.569. The van der Waals surface area contributed by atoms with Crippen LogP contribution >= 0.6 is 12.2 Å². The van der Waals surface area contributed by atoms with Crippen LogP contribution in [0.5, 0.6) is 0 Å². The van der Waals surface area contributed by atoms with Crippen LogP contribution in [0.15, 0.2) is 96.3 Å². The maximum Gasteiger partial charge on any atom is 0.169 e. The van der Waals surface area contributed by atoms with E-state index in [-0.39, 0.29) is 40.0 Å². The van der Waals surface area contributed by atoms with Gasteiger partial charge >= 0.3 is 0 Å². The van der Waals surface area contributed by atoms with Crippen LogP contribution in [0.4, 0.5) is 5.69 Å². The van der Waals surface area contributed by atoms with E-state index in [1.807, 2.05) is 54.6 Å². The van der Waals surface area contributed by atoms with E-state index < -0.39 is 20.8 Å². The molecular formula is C30H32NO3SSi. The molecule has 185 valence electrons. The number of Topliss-reactive ketones (excluding diaryl/α,β-unsaturated/α-hetero) is 1. The van der Waals surface area contributed by atoms with Crippen molar-refractivity contribution in [3.8, 4) is 0 Å². The first kappa shape index (κ1) is 26.0. The molecule has 0 bridgehead atoms. The van der Waals surface area contributed by atoms with E-state index in [2.05, 4.69) is 56.4 Å². The minimum Gasteiger partial charge on any atom is -0.511 e. The normalized spacial score (nSPS) is 17.2. The Morgan fingerprint density at radius 2 is 1.53 bits per heavy atom. The minimum absolute atomic E-state index is 0.00522. The monoisotopic (exact) mass is 514 g/mol. The van der Waals surface area contributed by atoms with Crippen molar-refractivity contribution in [2.24, 2.45) is 5.92 Å². The van der Waals surface area contributed by atoms with Gasteiger partial charge in [-0.15, -0.1) is 0 Å². The van der Waals surface area contributed by atoms with Gasteiger partial charge in [0.2, 0.25) is 0 Å². The van der Waals surface area contributed by atoms with Crippen molar-refractivity contribution in [2.75, 3.05) is 5.32 Å². The summed E-state index contributed by atoms with van der Waals surface area (Å²) in [6.45, 7) is 6.72. The van der Waals surface area contributed by atoms with Crippen molar-refractivity contribution >= 4 is 47.8 Å². The predicted molar refractivity (Wildman–Crippen MR) is 153 cm³/mol. The average Bonchev–Trinajstić information content (AvgIpc) is 2.84. The molecule has 2 atom stereocenters. The molecule has 0 fully saturated rings. The number of hydrogen-bond donors (Lipinski definition) is 3. The van der Waals surface area contributed by atoms with Gasteiger partial charge in [0, 0.05) is 24.4 Å². The SMILES string of the molecule is CC(C)(C)[Si](c1ccccc1)c1ccccc1C(O)C1CC(=O)C(C(=S)Nc2ccccc2)=C(O)C1. The van der Waals surface area contributed by atoms with E-state index in [1.165, 1.54) is 5.19 Å². The summed E-state index contributed by atoms with van der Waals surface area (Å²) in [5.74, 6) is -0.746. The molecule has 4 nitrogen and oxygen atoms in total. The number of benzene rings is 3. The van der Waals surface area contributed by atoms with Crippen LogP contribution in [-0.4, -0.2) is 29.8 Å². The Labute approximate surface area is 220 Å². The van der Waals surface area contributed by atoms with Crippen molar-refractivity contribution in [3.05, 3.63) is 102 Å². The minimum atomic E-state index is -1.26. The number of allylic oxidation sites excluding steroid dienone is 1. The highest BCUT2D eigenvalue weighted by molar-refractivity contribution is 7.81. The zero-order chi connectivity index (χ0) is 25.9. The molecule has 6 heteroatoms. The molecule has 0 saturated carbocycles. The Morgan fingerprint density at radius 3 is 2.14 bits per heavy atom.